The number of benzene rings is 1. The Kier molecular flexibility index (Phi) is 2.80. The molecular formula is C12H12O. The van der Waals surface area contributed by atoms with Gasteiger partial charge in [0, 0.05) is 5.57 Å². The summed E-state index contributed by atoms with van der Waals surface area (Å²) in [7, 11) is 0. The molecule has 0 aromatic heterocycles. The van der Waals surface area contributed by atoms with Gasteiger partial charge >= 0.3 is 0 Å². The van der Waals surface area contributed by atoms with Crippen molar-refractivity contribution in [3.05, 3.63) is 47.4 Å². The van der Waals surface area contributed by atoms with Crippen LogP contribution in [0.1, 0.15) is 6.92 Å². The highest BCUT2D eigenvalue weighted by atomic mass is 16.1. The number of allylic oxidation sites excluding steroid dienone is 1. The molecule has 1 aromatic carbocycles. The van der Waals surface area contributed by atoms with Crippen LogP contribution in [0, 0.1) is 0 Å². The van der Waals surface area contributed by atoms with Crippen LogP contribution >= 0.6 is 0 Å². The first-order chi connectivity index (χ1) is 6.16. The minimum absolute atomic E-state index is 0.0195. The highest BCUT2D eigenvalue weighted by Gasteiger charge is 1.98. The Morgan fingerprint density at radius 2 is 2.00 bits per heavy atom. The SMILES string of the molecule is C=C/C(C(C)=O)=c1/ccccc1=C. The first-order valence-electron chi connectivity index (χ1n) is 4.08. The minimum Gasteiger partial charge on any atom is -0.294 e. The van der Waals surface area contributed by atoms with Gasteiger partial charge < -0.3 is 0 Å². The van der Waals surface area contributed by atoms with Crippen LogP contribution in [0.25, 0.3) is 12.2 Å². The van der Waals surface area contributed by atoms with Crippen molar-refractivity contribution in [3.63, 3.8) is 0 Å². The van der Waals surface area contributed by atoms with Gasteiger partial charge in [0.25, 0.3) is 0 Å². The number of carbonyl (C=O) groups excluding carboxylic acids is 1. The van der Waals surface area contributed by atoms with Gasteiger partial charge in [0.05, 0.1) is 0 Å². The van der Waals surface area contributed by atoms with Crippen molar-refractivity contribution in [3.8, 4) is 0 Å². The highest BCUT2D eigenvalue weighted by molar-refractivity contribution is 6.16. The molecule has 0 heterocycles. The van der Waals surface area contributed by atoms with E-state index in [2.05, 4.69) is 13.2 Å². The Morgan fingerprint density at radius 1 is 1.38 bits per heavy atom. The topological polar surface area (TPSA) is 17.1 Å². The highest BCUT2D eigenvalue weighted by Crippen LogP contribution is 1.93. The monoisotopic (exact) mass is 172 g/mol. The van der Waals surface area contributed by atoms with Crippen LogP contribution in [0.3, 0.4) is 0 Å². The van der Waals surface area contributed by atoms with Crippen LogP contribution in [-0.4, -0.2) is 5.78 Å². The van der Waals surface area contributed by atoms with Crippen molar-refractivity contribution in [2.45, 2.75) is 6.92 Å². The average molecular weight is 172 g/mol. The van der Waals surface area contributed by atoms with E-state index in [0.717, 1.165) is 10.4 Å². The second kappa shape index (κ2) is 3.85. The van der Waals surface area contributed by atoms with Gasteiger partial charge in [-0.05, 0) is 17.4 Å². The molecule has 0 aliphatic heterocycles. The fourth-order valence-corrected chi connectivity index (χ4v) is 1.23. The van der Waals surface area contributed by atoms with Crippen LogP contribution in [0.5, 0.6) is 0 Å². The van der Waals surface area contributed by atoms with Gasteiger partial charge in [0.2, 0.25) is 0 Å². The third-order valence-electron chi connectivity index (χ3n) is 1.89. The molecule has 66 valence electrons. The lowest BCUT2D eigenvalue weighted by molar-refractivity contribution is -0.111. The molecule has 0 amide bonds. The molecule has 0 aliphatic rings. The Bertz CT molecular complexity index is 440. The Labute approximate surface area is 77.7 Å². The van der Waals surface area contributed by atoms with Gasteiger partial charge in [0.1, 0.15) is 0 Å². The zero-order valence-corrected chi connectivity index (χ0v) is 7.71. The summed E-state index contributed by atoms with van der Waals surface area (Å²) in [6.45, 7) is 9.00. The number of hydrogen-bond acceptors (Lipinski definition) is 1. The van der Waals surface area contributed by atoms with E-state index in [0.29, 0.717) is 5.57 Å². The second-order valence-corrected chi connectivity index (χ2v) is 2.83. The summed E-state index contributed by atoms with van der Waals surface area (Å²) < 4.78 is 0. The molecule has 0 N–H and O–H groups in total. The molecule has 13 heavy (non-hydrogen) atoms. The van der Waals surface area contributed by atoms with Gasteiger partial charge in [-0.25, -0.2) is 0 Å². The number of Topliss-reactive ketones (excluding diaryl/α,β-unsaturated/α-hetero) is 1. The predicted molar refractivity (Wildman–Crippen MR) is 55.5 cm³/mol. The number of ketones is 1. The van der Waals surface area contributed by atoms with Crippen molar-refractivity contribution in [1.82, 2.24) is 0 Å². The van der Waals surface area contributed by atoms with Gasteiger partial charge in [-0.15, -0.1) is 0 Å². The van der Waals surface area contributed by atoms with E-state index in [1.165, 1.54) is 6.92 Å². The molecule has 0 spiro atoms. The molecule has 0 saturated carbocycles. The van der Waals surface area contributed by atoms with Gasteiger partial charge in [0.15, 0.2) is 5.78 Å². The summed E-state index contributed by atoms with van der Waals surface area (Å²) in [5, 5.41) is 1.72. The predicted octanol–water partition coefficient (Wildman–Crippen LogP) is 1.02. The molecule has 0 saturated heterocycles. The van der Waals surface area contributed by atoms with Crippen LogP contribution in [-0.2, 0) is 4.79 Å². The van der Waals surface area contributed by atoms with Gasteiger partial charge in [-0.1, -0.05) is 43.5 Å². The van der Waals surface area contributed by atoms with E-state index in [-0.39, 0.29) is 5.78 Å². The zero-order valence-electron chi connectivity index (χ0n) is 7.71. The van der Waals surface area contributed by atoms with Crippen LogP contribution < -0.4 is 10.4 Å². The summed E-state index contributed by atoms with van der Waals surface area (Å²) in [5.41, 5.74) is 0.630. The maximum Gasteiger partial charge on any atom is 0.160 e. The van der Waals surface area contributed by atoms with E-state index >= 15 is 0 Å². The standard InChI is InChI=1S/C12H12O/c1-4-11(10(3)13)12-8-6-5-7-9(12)2/h4-8H,1-2H2,3H3/b12-11+. The molecule has 0 bridgehead atoms. The van der Waals surface area contributed by atoms with Crippen molar-refractivity contribution in [1.29, 1.82) is 0 Å². The lowest BCUT2D eigenvalue weighted by Crippen LogP contribution is -2.26. The van der Waals surface area contributed by atoms with E-state index in [4.69, 9.17) is 0 Å². The zero-order chi connectivity index (χ0) is 9.84. The van der Waals surface area contributed by atoms with E-state index in [1.807, 2.05) is 24.3 Å². The average Bonchev–Trinajstić information content (AvgIpc) is 2.09. The van der Waals surface area contributed by atoms with Crippen molar-refractivity contribution in [2.24, 2.45) is 0 Å². The molecule has 1 aromatic rings. The summed E-state index contributed by atoms with van der Waals surface area (Å²) in [6.07, 6.45) is 1.58. The lowest BCUT2D eigenvalue weighted by Gasteiger charge is -1.95. The van der Waals surface area contributed by atoms with Crippen molar-refractivity contribution in [2.75, 3.05) is 0 Å². The third kappa shape index (κ3) is 1.94. The van der Waals surface area contributed by atoms with Gasteiger partial charge in [-0.3, -0.25) is 4.79 Å². The first kappa shape index (κ1) is 9.46. The van der Waals surface area contributed by atoms with E-state index < -0.39 is 0 Å². The quantitative estimate of drug-likeness (QED) is 0.651. The van der Waals surface area contributed by atoms with Gasteiger partial charge in [-0.2, -0.15) is 0 Å². The van der Waals surface area contributed by atoms with Crippen LogP contribution in [0.15, 0.2) is 36.9 Å². The Hall–Kier alpha value is -1.63. The maximum atomic E-state index is 11.2. The summed E-state index contributed by atoms with van der Waals surface area (Å²) in [6, 6.07) is 7.53. The van der Waals surface area contributed by atoms with E-state index in [9.17, 15) is 4.79 Å². The number of hydrogen-bond donors (Lipinski definition) is 0. The summed E-state index contributed by atoms with van der Waals surface area (Å²) >= 11 is 0. The fraction of sp³-hybridized carbons (Fsp3) is 0.0833. The molecule has 0 fully saturated rings. The minimum atomic E-state index is 0.0195. The summed E-state index contributed by atoms with van der Waals surface area (Å²) in [5.74, 6) is 0.0195. The molecular weight excluding hydrogens is 160 g/mol. The molecule has 0 unspecified atom stereocenters. The number of carbonyl (C=O) groups is 1. The lowest BCUT2D eigenvalue weighted by atomic mass is 10.1. The second-order valence-electron chi connectivity index (χ2n) is 2.83. The van der Waals surface area contributed by atoms with Crippen LogP contribution in [0.4, 0.5) is 0 Å². The molecule has 1 nitrogen and oxygen atoms in total. The molecule has 1 heteroatoms. The number of rotatable bonds is 2. The van der Waals surface area contributed by atoms with Crippen LogP contribution in [0.2, 0.25) is 0 Å². The Balaban J connectivity index is 3.65. The fourth-order valence-electron chi connectivity index (χ4n) is 1.23. The normalized spacial score (nSPS) is 12.1. The molecule has 0 radical (unpaired) electrons. The third-order valence-corrected chi connectivity index (χ3v) is 1.89. The molecule has 1 rings (SSSR count). The largest absolute Gasteiger partial charge is 0.294 e. The first-order valence-corrected chi connectivity index (χ1v) is 4.08. The maximum absolute atomic E-state index is 11.2. The Morgan fingerprint density at radius 3 is 2.46 bits per heavy atom. The van der Waals surface area contributed by atoms with Crippen molar-refractivity contribution < 1.29 is 4.79 Å². The molecule has 0 atom stereocenters. The molecule has 0 aliphatic carbocycles. The van der Waals surface area contributed by atoms with Crippen molar-refractivity contribution >= 4 is 17.9 Å². The summed E-state index contributed by atoms with van der Waals surface area (Å²) in [4.78, 5) is 11.2. The smallest absolute Gasteiger partial charge is 0.160 e. The van der Waals surface area contributed by atoms with E-state index in [1.54, 1.807) is 6.08 Å².